The Bertz CT molecular complexity index is 286. The number of hydrogen-bond acceptors (Lipinski definition) is 2. The molecule has 0 unspecified atom stereocenters. The minimum atomic E-state index is -0.443. The molecule has 0 fully saturated rings. The lowest BCUT2D eigenvalue weighted by Gasteiger charge is -1.85. The molecule has 0 rings (SSSR count). The van der Waals surface area contributed by atoms with E-state index < -0.39 is 5.91 Å². The minimum Gasteiger partial charge on any atom is -0.366 e. The second kappa shape index (κ2) is 7.98. The summed E-state index contributed by atoms with van der Waals surface area (Å²) in [6, 6.07) is 0. The van der Waals surface area contributed by atoms with Gasteiger partial charge in [-0.05, 0) is 25.0 Å². The number of nitrogens with two attached hydrogens (primary N) is 1. The average Bonchev–Trinajstić information content (AvgIpc) is 2.12. The maximum atomic E-state index is 10.3. The fourth-order valence-corrected chi connectivity index (χ4v) is 0.677. The molecule has 76 valence electrons. The summed E-state index contributed by atoms with van der Waals surface area (Å²) < 4.78 is 0. The minimum absolute atomic E-state index is 0.443. The number of primary amides is 1. The number of allylic oxidation sites excluding steroid dienone is 4. The molecule has 0 aliphatic heterocycles. The zero-order valence-corrected chi connectivity index (χ0v) is 8.60. The fourth-order valence-electron chi connectivity index (χ4n) is 0.677. The standard InChI is InChI=1S/C11H16N2O/c1-3-8-13-9-7-10(2)5-4-6-11(12)14/h4-9H,3H2,1-2H3,(H2,12,14)/b6-4+,9-7-,10-5+,13-8?. The molecule has 0 saturated heterocycles. The Labute approximate surface area is 84.7 Å². The second-order valence-corrected chi connectivity index (χ2v) is 2.73. The molecule has 14 heavy (non-hydrogen) atoms. The van der Waals surface area contributed by atoms with Crippen LogP contribution in [0.4, 0.5) is 0 Å². The van der Waals surface area contributed by atoms with E-state index >= 15 is 0 Å². The van der Waals surface area contributed by atoms with Crippen molar-refractivity contribution in [2.45, 2.75) is 20.3 Å². The van der Waals surface area contributed by atoms with E-state index in [0.717, 1.165) is 12.0 Å². The number of hydrogen-bond donors (Lipinski definition) is 1. The first kappa shape index (κ1) is 12.4. The maximum Gasteiger partial charge on any atom is 0.241 e. The molecule has 0 atom stereocenters. The molecule has 0 heterocycles. The first-order valence-corrected chi connectivity index (χ1v) is 4.49. The molecular weight excluding hydrogens is 176 g/mol. The van der Waals surface area contributed by atoms with Crippen LogP contribution in [0.1, 0.15) is 20.3 Å². The molecule has 0 aromatic rings. The van der Waals surface area contributed by atoms with Crippen LogP contribution in [0.25, 0.3) is 0 Å². The van der Waals surface area contributed by atoms with Crippen LogP contribution in [0, 0.1) is 0 Å². The molecule has 3 nitrogen and oxygen atoms in total. The van der Waals surface area contributed by atoms with Gasteiger partial charge in [-0.15, -0.1) is 0 Å². The molecule has 0 aromatic heterocycles. The summed E-state index contributed by atoms with van der Waals surface area (Å²) in [4.78, 5) is 14.4. The van der Waals surface area contributed by atoms with Gasteiger partial charge in [0.2, 0.25) is 5.91 Å². The van der Waals surface area contributed by atoms with E-state index in [1.54, 1.807) is 18.4 Å². The number of amides is 1. The highest BCUT2D eigenvalue weighted by molar-refractivity contribution is 5.86. The van der Waals surface area contributed by atoms with Gasteiger partial charge in [-0.2, -0.15) is 0 Å². The topological polar surface area (TPSA) is 55.4 Å². The van der Waals surface area contributed by atoms with Crippen LogP contribution in [0.5, 0.6) is 0 Å². The Kier molecular flexibility index (Phi) is 7.05. The third kappa shape index (κ3) is 8.46. The maximum absolute atomic E-state index is 10.3. The second-order valence-electron chi connectivity index (χ2n) is 2.73. The third-order valence-corrected chi connectivity index (χ3v) is 1.33. The predicted molar refractivity (Wildman–Crippen MR) is 60.0 cm³/mol. The lowest BCUT2D eigenvalue weighted by molar-refractivity contribution is -0.113. The Balaban J connectivity index is 4.06. The van der Waals surface area contributed by atoms with E-state index in [0.29, 0.717) is 0 Å². The summed E-state index contributed by atoms with van der Waals surface area (Å²) >= 11 is 0. The molecule has 2 N–H and O–H groups in total. The van der Waals surface area contributed by atoms with Crippen molar-refractivity contribution in [3.05, 3.63) is 36.1 Å². The van der Waals surface area contributed by atoms with Crippen molar-refractivity contribution in [1.29, 1.82) is 0 Å². The van der Waals surface area contributed by atoms with E-state index in [2.05, 4.69) is 4.99 Å². The monoisotopic (exact) mass is 192 g/mol. The quantitative estimate of drug-likeness (QED) is 0.404. The smallest absolute Gasteiger partial charge is 0.241 e. The van der Waals surface area contributed by atoms with Gasteiger partial charge >= 0.3 is 0 Å². The van der Waals surface area contributed by atoms with Gasteiger partial charge in [0.05, 0.1) is 0 Å². The predicted octanol–water partition coefficient (Wildman–Crippen LogP) is 1.97. The number of rotatable bonds is 5. The van der Waals surface area contributed by atoms with Crippen molar-refractivity contribution >= 4 is 12.1 Å². The van der Waals surface area contributed by atoms with Gasteiger partial charge in [0.15, 0.2) is 0 Å². The van der Waals surface area contributed by atoms with Crippen molar-refractivity contribution in [2.24, 2.45) is 10.7 Å². The Morgan fingerprint density at radius 3 is 2.71 bits per heavy atom. The summed E-state index contributed by atoms with van der Waals surface area (Å²) in [5, 5.41) is 0. The van der Waals surface area contributed by atoms with Gasteiger partial charge in [0.1, 0.15) is 0 Å². The average molecular weight is 192 g/mol. The highest BCUT2D eigenvalue weighted by Crippen LogP contribution is 1.95. The summed E-state index contributed by atoms with van der Waals surface area (Å²) in [5.41, 5.74) is 5.93. The lowest BCUT2D eigenvalue weighted by Crippen LogP contribution is -2.04. The van der Waals surface area contributed by atoms with Crippen molar-refractivity contribution in [3.8, 4) is 0 Å². The normalized spacial score (nSPS) is 13.4. The van der Waals surface area contributed by atoms with Crippen LogP contribution < -0.4 is 5.73 Å². The Hall–Kier alpha value is -1.64. The molecule has 0 spiro atoms. The SMILES string of the molecule is CCC=N\C=C/C(C)=C/C=C/C(N)=O. The van der Waals surface area contributed by atoms with Gasteiger partial charge in [-0.25, -0.2) is 0 Å². The van der Waals surface area contributed by atoms with E-state index in [9.17, 15) is 4.79 Å². The number of aliphatic imine (C=N–C) groups is 1. The molecule has 0 radical (unpaired) electrons. The summed E-state index contributed by atoms with van der Waals surface area (Å²) in [5.74, 6) is -0.443. The number of nitrogens with zero attached hydrogens (tertiary/aromatic N) is 1. The zero-order chi connectivity index (χ0) is 10.8. The van der Waals surface area contributed by atoms with Gasteiger partial charge in [-0.1, -0.05) is 19.1 Å². The molecule has 0 saturated carbocycles. The molecular formula is C11H16N2O. The third-order valence-electron chi connectivity index (χ3n) is 1.33. The molecule has 0 aliphatic carbocycles. The highest BCUT2D eigenvalue weighted by atomic mass is 16.1. The fraction of sp³-hybridized carbons (Fsp3) is 0.273. The molecule has 0 aliphatic rings. The van der Waals surface area contributed by atoms with Crippen LogP contribution in [0.15, 0.2) is 41.1 Å². The molecule has 1 amide bonds. The van der Waals surface area contributed by atoms with Crippen molar-refractivity contribution in [3.63, 3.8) is 0 Å². The Morgan fingerprint density at radius 2 is 2.14 bits per heavy atom. The van der Waals surface area contributed by atoms with Crippen molar-refractivity contribution in [1.82, 2.24) is 0 Å². The van der Waals surface area contributed by atoms with Crippen LogP contribution >= 0.6 is 0 Å². The van der Waals surface area contributed by atoms with E-state index in [4.69, 9.17) is 5.73 Å². The summed E-state index contributed by atoms with van der Waals surface area (Å²) in [7, 11) is 0. The molecule has 0 bridgehead atoms. The zero-order valence-electron chi connectivity index (χ0n) is 8.60. The van der Waals surface area contributed by atoms with Gasteiger partial charge in [-0.3, -0.25) is 9.79 Å². The largest absolute Gasteiger partial charge is 0.366 e. The molecule has 0 aromatic carbocycles. The van der Waals surface area contributed by atoms with Crippen molar-refractivity contribution in [2.75, 3.05) is 0 Å². The lowest BCUT2D eigenvalue weighted by atomic mass is 10.2. The first-order chi connectivity index (χ1) is 6.66. The van der Waals surface area contributed by atoms with Crippen LogP contribution in [0.2, 0.25) is 0 Å². The van der Waals surface area contributed by atoms with E-state index in [-0.39, 0.29) is 0 Å². The van der Waals surface area contributed by atoms with Crippen LogP contribution in [-0.2, 0) is 4.79 Å². The van der Waals surface area contributed by atoms with Crippen molar-refractivity contribution < 1.29 is 4.79 Å². The highest BCUT2D eigenvalue weighted by Gasteiger charge is 1.80. The first-order valence-electron chi connectivity index (χ1n) is 4.49. The Morgan fingerprint density at radius 1 is 1.43 bits per heavy atom. The number of carbonyl (C=O) groups is 1. The van der Waals surface area contributed by atoms with Gasteiger partial charge in [0, 0.05) is 18.5 Å². The van der Waals surface area contributed by atoms with E-state index in [1.165, 1.54) is 6.08 Å². The summed E-state index contributed by atoms with van der Waals surface area (Å²) in [6.07, 6.45) is 11.0. The summed E-state index contributed by atoms with van der Waals surface area (Å²) in [6.45, 7) is 3.94. The number of carbonyl (C=O) groups excluding carboxylic acids is 1. The van der Waals surface area contributed by atoms with Gasteiger partial charge < -0.3 is 5.73 Å². The molecule has 3 heteroatoms. The van der Waals surface area contributed by atoms with E-state index in [1.807, 2.05) is 26.1 Å². The van der Waals surface area contributed by atoms with Crippen LogP contribution in [0.3, 0.4) is 0 Å². The van der Waals surface area contributed by atoms with Gasteiger partial charge in [0.25, 0.3) is 0 Å². The van der Waals surface area contributed by atoms with Crippen LogP contribution in [-0.4, -0.2) is 12.1 Å².